The number of para-hydroxylation sites is 1. The van der Waals surface area contributed by atoms with Crippen molar-refractivity contribution in [3.8, 4) is 0 Å². The predicted octanol–water partition coefficient (Wildman–Crippen LogP) is 2.35. The molecule has 0 spiro atoms. The second-order valence-corrected chi connectivity index (χ2v) is 7.05. The number of benzene rings is 1. The Morgan fingerprint density at radius 3 is 2.86 bits per heavy atom. The van der Waals surface area contributed by atoms with Crippen LogP contribution in [-0.2, 0) is 4.79 Å². The SMILES string of the molecule is O=C(CCCCC1SCC2NC(=O)NC21)Nc1ccccc1. The molecule has 3 rings (SSSR count). The molecule has 0 aromatic heterocycles. The fourth-order valence-corrected chi connectivity index (χ4v) is 4.56. The van der Waals surface area contributed by atoms with E-state index in [0.717, 1.165) is 30.7 Å². The van der Waals surface area contributed by atoms with Crippen molar-refractivity contribution in [1.82, 2.24) is 10.6 Å². The molecule has 3 atom stereocenters. The zero-order valence-corrected chi connectivity index (χ0v) is 13.2. The molecule has 2 saturated heterocycles. The summed E-state index contributed by atoms with van der Waals surface area (Å²) in [6, 6.07) is 10.0. The second kappa shape index (κ2) is 7.05. The monoisotopic (exact) mass is 319 g/mol. The Balaban J connectivity index is 1.34. The van der Waals surface area contributed by atoms with E-state index in [1.165, 1.54) is 0 Å². The van der Waals surface area contributed by atoms with Gasteiger partial charge in [0.1, 0.15) is 0 Å². The third-order valence-corrected chi connectivity index (χ3v) is 5.65. The van der Waals surface area contributed by atoms with E-state index in [9.17, 15) is 9.59 Å². The molecule has 1 aromatic rings. The van der Waals surface area contributed by atoms with Crippen molar-refractivity contribution < 1.29 is 9.59 Å². The zero-order valence-electron chi connectivity index (χ0n) is 12.4. The molecule has 1 aromatic carbocycles. The largest absolute Gasteiger partial charge is 0.332 e. The predicted molar refractivity (Wildman–Crippen MR) is 89.0 cm³/mol. The van der Waals surface area contributed by atoms with Crippen LogP contribution in [0.25, 0.3) is 0 Å². The summed E-state index contributed by atoms with van der Waals surface area (Å²) in [7, 11) is 0. The third kappa shape index (κ3) is 3.74. The minimum atomic E-state index is -0.0393. The first kappa shape index (κ1) is 15.2. The van der Waals surface area contributed by atoms with Gasteiger partial charge in [-0.05, 0) is 25.0 Å². The molecule has 0 aliphatic carbocycles. The number of hydrogen-bond donors (Lipinski definition) is 3. The quantitative estimate of drug-likeness (QED) is 0.557. The summed E-state index contributed by atoms with van der Waals surface area (Å²) in [6.45, 7) is 0. The summed E-state index contributed by atoms with van der Waals surface area (Å²) in [5, 5.41) is 9.32. The van der Waals surface area contributed by atoms with E-state index in [0.29, 0.717) is 11.7 Å². The molecule has 118 valence electrons. The van der Waals surface area contributed by atoms with Crippen LogP contribution in [0.1, 0.15) is 25.7 Å². The Morgan fingerprint density at radius 2 is 2.05 bits per heavy atom. The molecule has 3 amide bonds. The average molecular weight is 319 g/mol. The van der Waals surface area contributed by atoms with Crippen molar-refractivity contribution in [2.45, 2.75) is 43.0 Å². The Bertz CT molecular complexity index is 537. The molecule has 0 radical (unpaired) electrons. The van der Waals surface area contributed by atoms with Gasteiger partial charge >= 0.3 is 6.03 Å². The third-order valence-electron chi connectivity index (χ3n) is 4.14. The fourth-order valence-electron chi connectivity index (χ4n) is 3.02. The summed E-state index contributed by atoms with van der Waals surface area (Å²) in [5.74, 6) is 1.06. The van der Waals surface area contributed by atoms with Gasteiger partial charge < -0.3 is 16.0 Å². The maximum Gasteiger partial charge on any atom is 0.315 e. The first-order valence-corrected chi connectivity index (χ1v) is 8.81. The highest BCUT2D eigenvalue weighted by molar-refractivity contribution is 8.00. The van der Waals surface area contributed by atoms with Crippen molar-refractivity contribution in [2.75, 3.05) is 11.1 Å². The Labute approximate surface area is 134 Å². The van der Waals surface area contributed by atoms with Gasteiger partial charge in [0.25, 0.3) is 0 Å². The molecule has 2 fully saturated rings. The van der Waals surface area contributed by atoms with Gasteiger partial charge in [-0.3, -0.25) is 4.79 Å². The number of rotatable bonds is 6. The van der Waals surface area contributed by atoms with Crippen LogP contribution in [0.15, 0.2) is 30.3 Å². The van der Waals surface area contributed by atoms with Crippen LogP contribution in [0, 0.1) is 0 Å². The highest BCUT2D eigenvalue weighted by atomic mass is 32.2. The van der Waals surface area contributed by atoms with Crippen molar-refractivity contribution in [3.63, 3.8) is 0 Å². The average Bonchev–Trinajstić information content (AvgIpc) is 3.04. The van der Waals surface area contributed by atoms with Crippen LogP contribution in [-0.4, -0.2) is 35.0 Å². The fraction of sp³-hybridized carbons (Fsp3) is 0.500. The number of hydrogen-bond acceptors (Lipinski definition) is 3. The standard InChI is InChI=1S/C16H21N3O2S/c20-14(17-11-6-2-1-3-7-11)9-5-4-8-13-15-12(10-22-13)18-16(21)19-15/h1-3,6-7,12-13,15H,4-5,8-10H2,(H,17,20)(H2,18,19,21). The molecular weight excluding hydrogens is 298 g/mol. The topological polar surface area (TPSA) is 70.2 Å². The van der Waals surface area contributed by atoms with Crippen LogP contribution >= 0.6 is 11.8 Å². The zero-order chi connectivity index (χ0) is 15.4. The summed E-state index contributed by atoms with van der Waals surface area (Å²) in [6.07, 6.45) is 3.49. The minimum Gasteiger partial charge on any atom is -0.332 e. The first-order chi connectivity index (χ1) is 10.7. The number of nitrogens with one attached hydrogen (secondary N) is 3. The lowest BCUT2D eigenvalue weighted by Gasteiger charge is -2.16. The van der Waals surface area contributed by atoms with Gasteiger partial charge in [-0.2, -0.15) is 11.8 Å². The van der Waals surface area contributed by atoms with Crippen LogP contribution in [0.3, 0.4) is 0 Å². The second-order valence-electron chi connectivity index (χ2n) is 5.78. The van der Waals surface area contributed by atoms with Crippen LogP contribution in [0.2, 0.25) is 0 Å². The molecule has 2 heterocycles. The molecule has 0 bridgehead atoms. The lowest BCUT2D eigenvalue weighted by molar-refractivity contribution is -0.116. The molecule has 2 aliphatic heterocycles. The number of carbonyl (C=O) groups excluding carboxylic acids is 2. The molecule has 5 nitrogen and oxygen atoms in total. The van der Waals surface area contributed by atoms with E-state index < -0.39 is 0 Å². The number of urea groups is 1. The highest BCUT2D eigenvalue weighted by Crippen LogP contribution is 2.33. The maximum absolute atomic E-state index is 11.9. The van der Waals surface area contributed by atoms with Gasteiger partial charge in [0.15, 0.2) is 0 Å². The minimum absolute atomic E-state index is 0.0393. The van der Waals surface area contributed by atoms with Crippen molar-refractivity contribution in [2.24, 2.45) is 0 Å². The molecule has 2 aliphatic rings. The number of carbonyl (C=O) groups is 2. The number of anilines is 1. The first-order valence-electron chi connectivity index (χ1n) is 7.76. The lowest BCUT2D eigenvalue weighted by Crippen LogP contribution is -2.36. The van der Waals surface area contributed by atoms with Gasteiger partial charge in [-0.15, -0.1) is 0 Å². The van der Waals surface area contributed by atoms with E-state index in [-0.39, 0.29) is 24.0 Å². The van der Waals surface area contributed by atoms with Gasteiger partial charge in [-0.25, -0.2) is 4.79 Å². The van der Waals surface area contributed by atoms with Gasteiger partial charge in [0.2, 0.25) is 5.91 Å². The van der Waals surface area contributed by atoms with Crippen LogP contribution in [0.5, 0.6) is 0 Å². The van der Waals surface area contributed by atoms with Crippen molar-refractivity contribution >= 4 is 29.4 Å². The van der Waals surface area contributed by atoms with E-state index in [1.807, 2.05) is 42.1 Å². The summed E-state index contributed by atoms with van der Waals surface area (Å²) < 4.78 is 0. The van der Waals surface area contributed by atoms with E-state index >= 15 is 0 Å². The van der Waals surface area contributed by atoms with Crippen molar-refractivity contribution in [1.29, 1.82) is 0 Å². The van der Waals surface area contributed by atoms with Crippen LogP contribution in [0.4, 0.5) is 10.5 Å². The summed E-state index contributed by atoms with van der Waals surface area (Å²) >= 11 is 1.92. The van der Waals surface area contributed by atoms with Gasteiger partial charge in [0, 0.05) is 23.1 Å². The summed E-state index contributed by atoms with van der Waals surface area (Å²) in [4.78, 5) is 23.2. The number of fused-ring (bicyclic) bond motifs is 1. The molecule has 3 N–H and O–H groups in total. The van der Waals surface area contributed by atoms with E-state index in [2.05, 4.69) is 16.0 Å². The highest BCUT2D eigenvalue weighted by Gasteiger charge is 2.42. The van der Waals surface area contributed by atoms with Gasteiger partial charge in [0.05, 0.1) is 12.1 Å². The van der Waals surface area contributed by atoms with Crippen LogP contribution < -0.4 is 16.0 Å². The van der Waals surface area contributed by atoms with E-state index in [4.69, 9.17) is 0 Å². The number of unbranched alkanes of at least 4 members (excludes halogenated alkanes) is 1. The Morgan fingerprint density at radius 1 is 1.23 bits per heavy atom. The van der Waals surface area contributed by atoms with E-state index in [1.54, 1.807) is 0 Å². The molecule has 22 heavy (non-hydrogen) atoms. The molecule has 6 heteroatoms. The van der Waals surface area contributed by atoms with Crippen molar-refractivity contribution in [3.05, 3.63) is 30.3 Å². The number of thioether (sulfide) groups is 1. The molecule has 3 unspecified atom stereocenters. The normalized spacial score (nSPS) is 26.2. The Kier molecular flexibility index (Phi) is 4.87. The molecule has 0 saturated carbocycles. The number of amides is 3. The van der Waals surface area contributed by atoms with Gasteiger partial charge in [-0.1, -0.05) is 24.6 Å². The lowest BCUT2D eigenvalue weighted by atomic mass is 10.0. The summed E-state index contributed by atoms with van der Waals surface area (Å²) in [5.41, 5.74) is 0.849. The maximum atomic E-state index is 11.9. The molecular formula is C16H21N3O2S. The smallest absolute Gasteiger partial charge is 0.315 e. The Hall–Kier alpha value is -1.69.